The standard InChI is InChI=1S/C24H24Cl2N2O3/c1-13(30)28-20-7-4-14(12-29)8-18(20)27-19-10-24(2,3)11-21(31)22(19)23(28)16-6-5-15(25)9-17(16)26/h4-9,23,27,29H,10-12H2,1-3H3. The molecule has 0 spiro atoms. The van der Waals surface area contributed by atoms with E-state index < -0.39 is 6.04 Å². The van der Waals surface area contributed by atoms with E-state index >= 15 is 0 Å². The first-order valence-corrected chi connectivity index (χ1v) is 10.9. The van der Waals surface area contributed by atoms with Gasteiger partial charge in [-0.1, -0.05) is 49.2 Å². The van der Waals surface area contributed by atoms with Gasteiger partial charge in [0.15, 0.2) is 5.78 Å². The van der Waals surface area contributed by atoms with Crippen LogP contribution in [0.15, 0.2) is 47.7 Å². The molecule has 1 heterocycles. The first-order valence-electron chi connectivity index (χ1n) is 10.1. The molecule has 0 bridgehead atoms. The lowest BCUT2D eigenvalue weighted by molar-refractivity contribution is -0.118. The van der Waals surface area contributed by atoms with Crippen molar-refractivity contribution in [3.8, 4) is 0 Å². The molecule has 1 aliphatic heterocycles. The van der Waals surface area contributed by atoms with Crippen molar-refractivity contribution in [2.24, 2.45) is 5.41 Å². The number of anilines is 2. The number of allylic oxidation sites excluding steroid dienone is 1. The molecule has 0 aromatic heterocycles. The molecule has 7 heteroatoms. The molecule has 1 unspecified atom stereocenters. The van der Waals surface area contributed by atoms with Crippen molar-refractivity contribution in [1.29, 1.82) is 0 Å². The Morgan fingerprint density at radius 1 is 1.19 bits per heavy atom. The van der Waals surface area contributed by atoms with Crippen molar-refractivity contribution in [2.75, 3.05) is 10.2 Å². The molecule has 0 saturated heterocycles. The highest BCUT2D eigenvalue weighted by Gasteiger charge is 2.43. The number of hydrogen-bond acceptors (Lipinski definition) is 4. The summed E-state index contributed by atoms with van der Waals surface area (Å²) in [5, 5.41) is 13.9. The number of halogens is 2. The molecule has 1 aliphatic carbocycles. The molecule has 31 heavy (non-hydrogen) atoms. The van der Waals surface area contributed by atoms with Gasteiger partial charge in [-0.2, -0.15) is 0 Å². The Hall–Kier alpha value is -2.34. The number of nitrogens with one attached hydrogen (secondary N) is 1. The number of benzene rings is 2. The lowest BCUT2D eigenvalue weighted by atomic mass is 9.73. The third kappa shape index (κ3) is 3.98. The van der Waals surface area contributed by atoms with Gasteiger partial charge in [-0.15, -0.1) is 0 Å². The molecule has 0 saturated carbocycles. The maximum absolute atomic E-state index is 13.5. The quantitative estimate of drug-likeness (QED) is 0.609. The first kappa shape index (κ1) is 21.9. The monoisotopic (exact) mass is 458 g/mol. The maximum Gasteiger partial charge on any atom is 0.224 e. The van der Waals surface area contributed by atoms with Gasteiger partial charge < -0.3 is 10.4 Å². The molecular formula is C24H24Cl2N2O3. The summed E-state index contributed by atoms with van der Waals surface area (Å²) < 4.78 is 0. The van der Waals surface area contributed by atoms with E-state index in [9.17, 15) is 14.7 Å². The van der Waals surface area contributed by atoms with E-state index in [-0.39, 0.29) is 23.7 Å². The summed E-state index contributed by atoms with van der Waals surface area (Å²) in [7, 11) is 0. The van der Waals surface area contributed by atoms with Crippen LogP contribution in [0.5, 0.6) is 0 Å². The van der Waals surface area contributed by atoms with Crippen molar-refractivity contribution >= 4 is 46.3 Å². The van der Waals surface area contributed by atoms with Gasteiger partial charge >= 0.3 is 0 Å². The number of hydrogen-bond donors (Lipinski definition) is 2. The van der Waals surface area contributed by atoms with E-state index in [1.54, 1.807) is 35.2 Å². The summed E-state index contributed by atoms with van der Waals surface area (Å²) in [4.78, 5) is 28.0. The van der Waals surface area contributed by atoms with Gasteiger partial charge in [0.1, 0.15) is 0 Å². The number of Topliss-reactive ketones (excluding diaryl/α,β-unsaturated/α-hetero) is 1. The summed E-state index contributed by atoms with van der Waals surface area (Å²) >= 11 is 12.7. The number of aliphatic hydroxyl groups is 1. The van der Waals surface area contributed by atoms with Crippen molar-refractivity contribution in [2.45, 2.75) is 46.3 Å². The van der Waals surface area contributed by atoms with Gasteiger partial charge in [0.2, 0.25) is 5.91 Å². The van der Waals surface area contributed by atoms with Crippen LogP contribution in [0.3, 0.4) is 0 Å². The SMILES string of the molecule is CC(=O)N1c2ccc(CO)cc2NC2=C(C(=O)CC(C)(C)C2)C1c1ccc(Cl)cc1Cl. The van der Waals surface area contributed by atoms with E-state index in [0.29, 0.717) is 51.0 Å². The van der Waals surface area contributed by atoms with Gasteiger partial charge in [-0.25, -0.2) is 0 Å². The van der Waals surface area contributed by atoms with Crippen molar-refractivity contribution in [3.63, 3.8) is 0 Å². The fourth-order valence-corrected chi connectivity index (χ4v) is 5.07. The molecule has 1 atom stereocenters. The maximum atomic E-state index is 13.5. The first-order chi connectivity index (χ1) is 14.6. The average molecular weight is 459 g/mol. The number of nitrogens with zero attached hydrogens (tertiary/aromatic N) is 1. The van der Waals surface area contributed by atoms with Crippen LogP contribution in [0, 0.1) is 5.41 Å². The highest BCUT2D eigenvalue weighted by molar-refractivity contribution is 6.35. The summed E-state index contributed by atoms with van der Waals surface area (Å²) in [6.45, 7) is 5.46. The molecule has 2 aromatic carbocycles. The Kier molecular flexibility index (Phi) is 5.63. The van der Waals surface area contributed by atoms with Gasteiger partial charge in [0.25, 0.3) is 0 Å². The minimum Gasteiger partial charge on any atom is -0.392 e. The van der Waals surface area contributed by atoms with E-state index in [2.05, 4.69) is 19.2 Å². The zero-order valence-electron chi connectivity index (χ0n) is 17.6. The third-order valence-corrected chi connectivity index (χ3v) is 6.40. The van der Waals surface area contributed by atoms with Gasteiger partial charge in [0.05, 0.1) is 24.0 Å². The highest BCUT2D eigenvalue weighted by Crippen LogP contribution is 2.49. The summed E-state index contributed by atoms with van der Waals surface area (Å²) in [6, 6.07) is 9.81. The zero-order chi connectivity index (χ0) is 22.5. The third-order valence-electron chi connectivity index (χ3n) is 5.84. The Morgan fingerprint density at radius 2 is 1.94 bits per heavy atom. The predicted molar refractivity (Wildman–Crippen MR) is 123 cm³/mol. The molecule has 4 rings (SSSR count). The Labute approximate surface area is 191 Å². The smallest absolute Gasteiger partial charge is 0.224 e. The molecule has 0 radical (unpaired) electrons. The molecule has 1 amide bonds. The van der Waals surface area contributed by atoms with Crippen LogP contribution in [-0.4, -0.2) is 16.8 Å². The lowest BCUT2D eigenvalue weighted by Gasteiger charge is -2.37. The molecule has 2 N–H and O–H groups in total. The highest BCUT2D eigenvalue weighted by atomic mass is 35.5. The molecule has 162 valence electrons. The summed E-state index contributed by atoms with van der Waals surface area (Å²) in [5.41, 5.74) is 3.74. The van der Waals surface area contributed by atoms with Crippen LogP contribution in [0.25, 0.3) is 0 Å². The van der Waals surface area contributed by atoms with E-state index in [4.69, 9.17) is 23.2 Å². The lowest BCUT2D eigenvalue weighted by Crippen LogP contribution is -2.38. The molecule has 5 nitrogen and oxygen atoms in total. The number of amides is 1. The molecule has 2 aliphatic rings. The molecular weight excluding hydrogens is 435 g/mol. The fourth-order valence-electron chi connectivity index (χ4n) is 4.56. The number of carbonyl (C=O) groups is 2. The Balaban J connectivity index is 2.04. The topological polar surface area (TPSA) is 69.6 Å². The summed E-state index contributed by atoms with van der Waals surface area (Å²) in [5.74, 6) is -0.238. The van der Waals surface area contributed by atoms with Crippen LogP contribution in [-0.2, 0) is 16.2 Å². The Bertz CT molecular complexity index is 1120. The van der Waals surface area contributed by atoms with Gasteiger partial charge in [-0.05, 0) is 47.2 Å². The van der Waals surface area contributed by atoms with Crippen LogP contribution in [0.2, 0.25) is 10.0 Å². The van der Waals surface area contributed by atoms with Crippen LogP contribution in [0.1, 0.15) is 50.8 Å². The second-order valence-electron chi connectivity index (χ2n) is 8.93. The number of fused-ring (bicyclic) bond motifs is 1. The average Bonchev–Trinajstić information content (AvgIpc) is 2.80. The minimum absolute atomic E-state index is 0.0174. The largest absolute Gasteiger partial charge is 0.392 e. The number of ketones is 1. The van der Waals surface area contributed by atoms with Gasteiger partial charge in [-0.3, -0.25) is 14.5 Å². The van der Waals surface area contributed by atoms with Crippen molar-refractivity contribution in [3.05, 3.63) is 68.8 Å². The van der Waals surface area contributed by atoms with Gasteiger partial charge in [0, 0.05) is 34.7 Å². The molecule has 0 fully saturated rings. The van der Waals surface area contributed by atoms with Crippen LogP contribution >= 0.6 is 23.2 Å². The van der Waals surface area contributed by atoms with E-state index in [0.717, 1.165) is 5.70 Å². The van der Waals surface area contributed by atoms with Crippen LogP contribution < -0.4 is 10.2 Å². The fraction of sp³-hybridized carbons (Fsp3) is 0.333. The zero-order valence-corrected chi connectivity index (χ0v) is 19.1. The normalized spacial score (nSPS) is 20.0. The Morgan fingerprint density at radius 3 is 2.58 bits per heavy atom. The van der Waals surface area contributed by atoms with Crippen LogP contribution in [0.4, 0.5) is 11.4 Å². The van der Waals surface area contributed by atoms with E-state index in [1.165, 1.54) is 6.92 Å². The van der Waals surface area contributed by atoms with E-state index in [1.807, 2.05) is 6.07 Å². The number of carbonyl (C=O) groups excluding carboxylic acids is 2. The second kappa shape index (κ2) is 7.97. The molecule has 2 aromatic rings. The number of rotatable bonds is 2. The summed E-state index contributed by atoms with van der Waals surface area (Å²) in [6.07, 6.45) is 1.02. The second-order valence-corrected chi connectivity index (χ2v) is 9.77. The predicted octanol–water partition coefficient (Wildman–Crippen LogP) is 5.65. The number of aliphatic hydroxyl groups excluding tert-OH is 1. The van der Waals surface area contributed by atoms with Crippen molar-refractivity contribution in [1.82, 2.24) is 0 Å². The minimum atomic E-state index is -0.686. The van der Waals surface area contributed by atoms with Crippen molar-refractivity contribution < 1.29 is 14.7 Å².